The second-order valence-electron chi connectivity index (χ2n) is 5.17. The smallest absolute Gasteiger partial charge is 0.196 e. The van der Waals surface area contributed by atoms with Crippen LogP contribution in [0.5, 0.6) is 5.75 Å². The molecule has 124 valence electrons. The Kier molecular flexibility index (Phi) is 5.43. The lowest BCUT2D eigenvalue weighted by Gasteiger charge is -2.13. The number of hydrogen-bond acceptors (Lipinski definition) is 4. The highest BCUT2D eigenvalue weighted by Crippen LogP contribution is 2.33. The fourth-order valence-corrected chi connectivity index (χ4v) is 3.39. The summed E-state index contributed by atoms with van der Waals surface area (Å²) < 4.78 is 7.56. The first kappa shape index (κ1) is 16.9. The largest absolute Gasteiger partial charge is 0.495 e. The van der Waals surface area contributed by atoms with Crippen LogP contribution in [0.4, 0.5) is 0 Å². The van der Waals surface area contributed by atoms with E-state index in [1.165, 1.54) is 0 Å². The van der Waals surface area contributed by atoms with E-state index in [4.69, 9.17) is 16.3 Å². The lowest BCUT2D eigenvalue weighted by molar-refractivity contribution is 0.412. The third-order valence-electron chi connectivity index (χ3n) is 3.48. The van der Waals surface area contributed by atoms with Crippen LogP contribution >= 0.6 is 23.4 Å². The summed E-state index contributed by atoms with van der Waals surface area (Å²) in [5, 5.41) is 10.3. The molecule has 0 fully saturated rings. The van der Waals surface area contributed by atoms with Crippen molar-refractivity contribution in [2.24, 2.45) is 0 Å². The summed E-state index contributed by atoms with van der Waals surface area (Å²) in [7, 11) is 1.67. The maximum atomic E-state index is 6.15. The second kappa shape index (κ2) is 7.73. The highest BCUT2D eigenvalue weighted by Gasteiger charge is 2.18. The fourth-order valence-electron chi connectivity index (χ4n) is 2.40. The van der Waals surface area contributed by atoms with Crippen molar-refractivity contribution in [3.63, 3.8) is 0 Å². The molecule has 0 aliphatic heterocycles. The van der Waals surface area contributed by atoms with Crippen molar-refractivity contribution >= 4 is 23.4 Å². The average molecular weight is 360 g/mol. The van der Waals surface area contributed by atoms with Gasteiger partial charge in [-0.3, -0.25) is 4.57 Å². The first-order valence-electron chi connectivity index (χ1n) is 7.72. The topological polar surface area (TPSA) is 39.9 Å². The van der Waals surface area contributed by atoms with Crippen LogP contribution in [0.2, 0.25) is 5.02 Å². The van der Waals surface area contributed by atoms with Crippen LogP contribution in [-0.4, -0.2) is 27.6 Å². The molecule has 0 N–H and O–H groups in total. The van der Waals surface area contributed by atoms with Gasteiger partial charge in [-0.2, -0.15) is 0 Å². The molecule has 3 rings (SSSR count). The molecule has 0 bridgehead atoms. The van der Waals surface area contributed by atoms with E-state index < -0.39 is 0 Å². The first-order chi connectivity index (χ1) is 11.7. The standard InChI is InChI=1S/C18H18ClN3OS/c1-3-11-24-18-21-20-17(13-7-6-8-14(19)12-13)22(18)15-9-4-5-10-16(15)23-2/h4-10,12H,3,11H2,1-2H3. The van der Waals surface area contributed by atoms with Gasteiger partial charge in [0, 0.05) is 16.3 Å². The number of nitrogens with zero attached hydrogens (tertiary/aromatic N) is 3. The van der Waals surface area contributed by atoms with E-state index in [0.29, 0.717) is 5.02 Å². The first-order valence-corrected chi connectivity index (χ1v) is 9.08. The minimum absolute atomic E-state index is 0.671. The summed E-state index contributed by atoms with van der Waals surface area (Å²) in [6.45, 7) is 2.15. The van der Waals surface area contributed by atoms with Crippen molar-refractivity contribution < 1.29 is 4.74 Å². The number of para-hydroxylation sites is 2. The maximum Gasteiger partial charge on any atom is 0.196 e. The number of methoxy groups -OCH3 is 1. The molecule has 0 atom stereocenters. The van der Waals surface area contributed by atoms with E-state index in [1.54, 1.807) is 18.9 Å². The SMILES string of the molecule is CCCSc1nnc(-c2cccc(Cl)c2)n1-c1ccccc1OC. The number of halogens is 1. The molecule has 0 saturated heterocycles. The van der Waals surface area contributed by atoms with Gasteiger partial charge in [0.1, 0.15) is 5.75 Å². The Morgan fingerprint density at radius 1 is 1.12 bits per heavy atom. The molecule has 24 heavy (non-hydrogen) atoms. The van der Waals surface area contributed by atoms with Crippen LogP contribution in [0.25, 0.3) is 17.1 Å². The highest BCUT2D eigenvalue weighted by molar-refractivity contribution is 7.99. The summed E-state index contributed by atoms with van der Waals surface area (Å²) in [5.74, 6) is 2.50. The molecular formula is C18H18ClN3OS. The Balaban J connectivity index is 2.19. The summed E-state index contributed by atoms with van der Waals surface area (Å²) in [6, 6.07) is 15.5. The third-order valence-corrected chi connectivity index (χ3v) is 4.85. The van der Waals surface area contributed by atoms with Crippen molar-refractivity contribution in [1.29, 1.82) is 0 Å². The van der Waals surface area contributed by atoms with Gasteiger partial charge in [-0.15, -0.1) is 10.2 Å². The van der Waals surface area contributed by atoms with Gasteiger partial charge >= 0.3 is 0 Å². The highest BCUT2D eigenvalue weighted by atomic mass is 35.5. The van der Waals surface area contributed by atoms with Gasteiger partial charge in [0.25, 0.3) is 0 Å². The molecule has 0 aliphatic carbocycles. The minimum Gasteiger partial charge on any atom is -0.495 e. The van der Waals surface area contributed by atoms with Gasteiger partial charge in [-0.05, 0) is 30.7 Å². The molecule has 0 aliphatic rings. The normalized spacial score (nSPS) is 10.8. The lowest BCUT2D eigenvalue weighted by Crippen LogP contribution is -2.02. The van der Waals surface area contributed by atoms with Gasteiger partial charge in [0.2, 0.25) is 0 Å². The van der Waals surface area contributed by atoms with Gasteiger partial charge in [-0.1, -0.05) is 54.6 Å². The molecule has 0 radical (unpaired) electrons. The Bertz CT molecular complexity index is 835. The molecule has 3 aromatic rings. The zero-order chi connectivity index (χ0) is 16.9. The van der Waals surface area contributed by atoms with E-state index in [9.17, 15) is 0 Å². The van der Waals surface area contributed by atoms with E-state index in [0.717, 1.165) is 40.2 Å². The van der Waals surface area contributed by atoms with Gasteiger partial charge in [-0.25, -0.2) is 0 Å². The van der Waals surface area contributed by atoms with Crippen molar-refractivity contribution in [1.82, 2.24) is 14.8 Å². The zero-order valence-electron chi connectivity index (χ0n) is 13.6. The number of thioether (sulfide) groups is 1. The Morgan fingerprint density at radius 2 is 1.96 bits per heavy atom. The van der Waals surface area contributed by atoms with Crippen molar-refractivity contribution in [3.05, 3.63) is 53.6 Å². The molecule has 1 aromatic heterocycles. The number of ether oxygens (including phenoxy) is 1. The average Bonchev–Trinajstić information content (AvgIpc) is 3.03. The quantitative estimate of drug-likeness (QED) is 0.574. The number of aromatic nitrogens is 3. The van der Waals surface area contributed by atoms with Gasteiger partial charge in [0.05, 0.1) is 12.8 Å². The zero-order valence-corrected chi connectivity index (χ0v) is 15.1. The maximum absolute atomic E-state index is 6.15. The molecule has 0 spiro atoms. The van der Waals surface area contributed by atoms with E-state index in [1.807, 2.05) is 53.1 Å². The molecule has 0 unspecified atom stereocenters. The summed E-state index contributed by atoms with van der Waals surface area (Å²) in [5.41, 5.74) is 1.84. The van der Waals surface area contributed by atoms with Crippen molar-refractivity contribution in [2.45, 2.75) is 18.5 Å². The van der Waals surface area contributed by atoms with E-state index in [2.05, 4.69) is 17.1 Å². The summed E-state index contributed by atoms with van der Waals surface area (Å²) >= 11 is 7.84. The number of hydrogen-bond donors (Lipinski definition) is 0. The third kappa shape index (κ3) is 3.42. The Morgan fingerprint density at radius 3 is 2.71 bits per heavy atom. The summed E-state index contributed by atoms with van der Waals surface area (Å²) in [4.78, 5) is 0. The van der Waals surface area contributed by atoms with E-state index >= 15 is 0 Å². The van der Waals surface area contributed by atoms with Crippen LogP contribution in [-0.2, 0) is 0 Å². The fraction of sp³-hybridized carbons (Fsp3) is 0.222. The van der Waals surface area contributed by atoms with Crippen molar-refractivity contribution in [3.8, 4) is 22.8 Å². The molecule has 1 heterocycles. The molecule has 0 amide bonds. The van der Waals surface area contributed by atoms with Crippen LogP contribution in [0, 0.1) is 0 Å². The Hall–Kier alpha value is -1.98. The van der Waals surface area contributed by atoms with Gasteiger partial charge < -0.3 is 4.74 Å². The predicted octanol–water partition coefficient (Wildman–Crippen LogP) is 5.10. The molecule has 2 aromatic carbocycles. The van der Waals surface area contributed by atoms with Crippen molar-refractivity contribution in [2.75, 3.05) is 12.9 Å². The lowest BCUT2D eigenvalue weighted by atomic mass is 10.2. The molecule has 6 heteroatoms. The van der Waals surface area contributed by atoms with E-state index in [-0.39, 0.29) is 0 Å². The van der Waals surface area contributed by atoms with Crippen LogP contribution < -0.4 is 4.74 Å². The van der Waals surface area contributed by atoms with Crippen LogP contribution in [0.3, 0.4) is 0 Å². The number of rotatable bonds is 6. The minimum atomic E-state index is 0.671. The molecule has 0 saturated carbocycles. The predicted molar refractivity (Wildman–Crippen MR) is 99.4 cm³/mol. The Labute approximate surface area is 150 Å². The van der Waals surface area contributed by atoms with Crippen LogP contribution in [0.15, 0.2) is 53.7 Å². The monoisotopic (exact) mass is 359 g/mol. The summed E-state index contributed by atoms with van der Waals surface area (Å²) in [6.07, 6.45) is 1.07. The number of benzene rings is 2. The van der Waals surface area contributed by atoms with Gasteiger partial charge in [0.15, 0.2) is 11.0 Å². The molecular weight excluding hydrogens is 342 g/mol. The van der Waals surface area contributed by atoms with Crippen LogP contribution in [0.1, 0.15) is 13.3 Å². The molecule has 4 nitrogen and oxygen atoms in total. The second-order valence-corrected chi connectivity index (χ2v) is 6.67.